The highest BCUT2D eigenvalue weighted by Gasteiger charge is 2.25. The van der Waals surface area contributed by atoms with Crippen LogP contribution in [0.5, 0.6) is 11.5 Å². The number of likely N-dealkylation sites (tertiary alicyclic amines) is 1. The molecule has 1 aromatic carbocycles. The molecule has 3 aliphatic heterocycles. The molecule has 0 spiro atoms. The van der Waals surface area contributed by atoms with Crippen LogP contribution in [0.3, 0.4) is 0 Å². The Morgan fingerprint density at radius 1 is 1.03 bits per heavy atom. The van der Waals surface area contributed by atoms with Crippen LogP contribution < -0.4 is 19.7 Å². The van der Waals surface area contributed by atoms with Crippen molar-refractivity contribution in [3.05, 3.63) is 48.2 Å². The zero-order valence-corrected chi connectivity index (χ0v) is 19.1. The van der Waals surface area contributed by atoms with Gasteiger partial charge in [0.2, 0.25) is 12.7 Å². The summed E-state index contributed by atoms with van der Waals surface area (Å²) in [5, 5.41) is 3.06. The second-order valence-electron chi connectivity index (χ2n) is 9.18. The van der Waals surface area contributed by atoms with Gasteiger partial charge in [-0.1, -0.05) is 12.1 Å². The number of piperidine rings is 1. The summed E-state index contributed by atoms with van der Waals surface area (Å²) in [4.78, 5) is 24.3. The lowest BCUT2D eigenvalue weighted by Gasteiger charge is -2.39. The van der Waals surface area contributed by atoms with Crippen LogP contribution in [0, 0.1) is 5.92 Å². The first-order valence-electron chi connectivity index (χ1n) is 12.0. The van der Waals surface area contributed by atoms with E-state index in [2.05, 4.69) is 37.1 Å². The molecule has 2 fully saturated rings. The van der Waals surface area contributed by atoms with Crippen molar-refractivity contribution in [1.29, 1.82) is 0 Å². The molecular weight excluding hydrogens is 418 g/mol. The Morgan fingerprint density at radius 2 is 1.91 bits per heavy atom. The minimum atomic E-state index is 0.0808. The Labute approximate surface area is 195 Å². The Balaban J connectivity index is 1.03. The number of hydrogen-bond acceptors (Lipinski definition) is 7. The Hall–Kier alpha value is -2.84. The van der Waals surface area contributed by atoms with Gasteiger partial charge in [-0.2, -0.15) is 0 Å². The standard InChI is InChI=1S/C25H33N5O3/c31-25(27-15-20-6-7-22-23(14-20)33-19-32-22)18-29-9-3-4-21(17-29)16-28-10-12-30(13-11-28)24-5-1-2-8-26-24/h1-2,5-8,14,21H,3-4,9-13,15-19H2,(H,27,31). The van der Waals surface area contributed by atoms with Crippen LogP contribution in [0.15, 0.2) is 42.6 Å². The van der Waals surface area contributed by atoms with Gasteiger partial charge >= 0.3 is 0 Å². The molecule has 1 aromatic heterocycles. The zero-order valence-electron chi connectivity index (χ0n) is 19.1. The van der Waals surface area contributed by atoms with Gasteiger partial charge in [0.25, 0.3) is 0 Å². The maximum Gasteiger partial charge on any atom is 0.234 e. The van der Waals surface area contributed by atoms with Gasteiger partial charge in [-0.3, -0.25) is 14.6 Å². The molecule has 1 atom stereocenters. The fourth-order valence-electron chi connectivity index (χ4n) is 5.02. The first kappa shape index (κ1) is 22.0. The van der Waals surface area contributed by atoms with E-state index in [-0.39, 0.29) is 12.7 Å². The van der Waals surface area contributed by atoms with Crippen molar-refractivity contribution < 1.29 is 14.3 Å². The number of hydrogen-bond donors (Lipinski definition) is 1. The summed E-state index contributed by atoms with van der Waals surface area (Å²) >= 11 is 0. The van der Waals surface area contributed by atoms with Crippen molar-refractivity contribution >= 4 is 11.7 Å². The number of fused-ring (bicyclic) bond motifs is 1. The van der Waals surface area contributed by atoms with Gasteiger partial charge in [0.1, 0.15) is 5.82 Å². The van der Waals surface area contributed by atoms with Crippen molar-refractivity contribution in [3.8, 4) is 11.5 Å². The summed E-state index contributed by atoms with van der Waals surface area (Å²) in [6.07, 6.45) is 4.27. The molecule has 2 aromatic rings. The summed E-state index contributed by atoms with van der Waals surface area (Å²) in [6, 6.07) is 11.9. The van der Waals surface area contributed by atoms with Crippen LogP contribution in [0.1, 0.15) is 18.4 Å². The number of piperazine rings is 1. The Morgan fingerprint density at radius 3 is 2.76 bits per heavy atom. The van der Waals surface area contributed by atoms with Gasteiger partial charge in [-0.15, -0.1) is 0 Å². The molecule has 1 N–H and O–H groups in total. The predicted molar refractivity (Wildman–Crippen MR) is 126 cm³/mol. The Kier molecular flexibility index (Phi) is 6.92. The number of nitrogens with zero attached hydrogens (tertiary/aromatic N) is 4. The molecule has 33 heavy (non-hydrogen) atoms. The second-order valence-corrected chi connectivity index (χ2v) is 9.18. The lowest BCUT2D eigenvalue weighted by molar-refractivity contribution is -0.122. The van der Waals surface area contributed by atoms with E-state index in [0.29, 0.717) is 19.0 Å². The average molecular weight is 452 g/mol. The van der Waals surface area contributed by atoms with E-state index in [0.717, 1.165) is 75.1 Å². The van der Waals surface area contributed by atoms with E-state index >= 15 is 0 Å². The summed E-state index contributed by atoms with van der Waals surface area (Å²) in [7, 11) is 0. The normalized spacial score (nSPS) is 21.2. The molecule has 4 heterocycles. The highest BCUT2D eigenvalue weighted by molar-refractivity contribution is 5.78. The van der Waals surface area contributed by atoms with E-state index in [1.807, 2.05) is 30.5 Å². The highest BCUT2D eigenvalue weighted by atomic mass is 16.7. The lowest BCUT2D eigenvalue weighted by atomic mass is 9.97. The molecule has 5 rings (SSSR count). The van der Waals surface area contributed by atoms with Crippen molar-refractivity contribution in [2.45, 2.75) is 19.4 Å². The summed E-state index contributed by atoms with van der Waals surface area (Å²) in [5.74, 6) is 3.30. The van der Waals surface area contributed by atoms with Crippen LogP contribution in [0.25, 0.3) is 0 Å². The van der Waals surface area contributed by atoms with Gasteiger partial charge in [-0.25, -0.2) is 4.98 Å². The zero-order chi connectivity index (χ0) is 22.5. The summed E-state index contributed by atoms with van der Waals surface area (Å²) in [5.41, 5.74) is 1.02. The second kappa shape index (κ2) is 10.4. The molecule has 1 unspecified atom stereocenters. The topological polar surface area (TPSA) is 70.2 Å². The monoisotopic (exact) mass is 451 g/mol. The smallest absolute Gasteiger partial charge is 0.234 e. The Bertz CT molecular complexity index is 933. The highest BCUT2D eigenvalue weighted by Crippen LogP contribution is 2.32. The number of aromatic nitrogens is 1. The number of rotatable bonds is 7. The SMILES string of the molecule is O=C(CN1CCCC(CN2CCN(c3ccccn3)CC2)C1)NCc1ccc2c(c1)OCO2. The molecule has 3 aliphatic rings. The molecular formula is C25H33N5O3. The average Bonchev–Trinajstić information content (AvgIpc) is 3.32. The fraction of sp³-hybridized carbons (Fsp3) is 0.520. The summed E-state index contributed by atoms with van der Waals surface area (Å²) < 4.78 is 10.8. The quantitative estimate of drug-likeness (QED) is 0.690. The van der Waals surface area contributed by atoms with Gasteiger partial charge in [0.05, 0.1) is 6.54 Å². The molecule has 2 saturated heterocycles. The number of amides is 1. The van der Waals surface area contributed by atoms with Gasteiger partial charge < -0.3 is 19.7 Å². The van der Waals surface area contributed by atoms with Crippen molar-refractivity contribution in [2.75, 3.05) is 64.1 Å². The number of ether oxygens (including phenoxy) is 2. The molecule has 176 valence electrons. The van der Waals surface area contributed by atoms with Gasteiger partial charge in [0, 0.05) is 52.0 Å². The maximum absolute atomic E-state index is 12.6. The third-order valence-electron chi connectivity index (χ3n) is 6.76. The number of carbonyl (C=O) groups excluding carboxylic acids is 1. The van der Waals surface area contributed by atoms with Crippen LogP contribution in [0.2, 0.25) is 0 Å². The molecule has 8 heteroatoms. The lowest BCUT2D eigenvalue weighted by Crippen LogP contribution is -2.50. The third kappa shape index (κ3) is 5.75. The van der Waals surface area contributed by atoms with Crippen LogP contribution in [0.4, 0.5) is 5.82 Å². The van der Waals surface area contributed by atoms with E-state index in [4.69, 9.17) is 9.47 Å². The number of carbonyl (C=O) groups is 1. The van der Waals surface area contributed by atoms with Gasteiger partial charge in [0.15, 0.2) is 11.5 Å². The maximum atomic E-state index is 12.6. The van der Waals surface area contributed by atoms with Gasteiger partial charge in [-0.05, 0) is 55.1 Å². The number of anilines is 1. The molecule has 8 nitrogen and oxygen atoms in total. The largest absolute Gasteiger partial charge is 0.454 e. The molecule has 0 radical (unpaired) electrons. The predicted octanol–water partition coefficient (Wildman–Crippen LogP) is 1.96. The van der Waals surface area contributed by atoms with E-state index in [1.54, 1.807) is 0 Å². The molecule has 0 saturated carbocycles. The molecule has 1 amide bonds. The number of nitrogens with one attached hydrogen (secondary N) is 1. The molecule has 0 aliphatic carbocycles. The number of benzene rings is 1. The van der Waals surface area contributed by atoms with Crippen molar-refractivity contribution in [1.82, 2.24) is 20.1 Å². The summed E-state index contributed by atoms with van der Waals surface area (Å²) in [6.45, 7) is 8.55. The third-order valence-corrected chi connectivity index (χ3v) is 6.76. The minimum absolute atomic E-state index is 0.0808. The first-order chi connectivity index (χ1) is 16.2. The fourth-order valence-corrected chi connectivity index (χ4v) is 5.02. The van der Waals surface area contributed by atoms with Crippen molar-refractivity contribution in [3.63, 3.8) is 0 Å². The number of pyridine rings is 1. The van der Waals surface area contributed by atoms with Crippen LogP contribution in [-0.2, 0) is 11.3 Å². The van der Waals surface area contributed by atoms with Crippen molar-refractivity contribution in [2.24, 2.45) is 5.92 Å². The van der Waals surface area contributed by atoms with E-state index in [9.17, 15) is 4.79 Å². The first-order valence-corrected chi connectivity index (χ1v) is 12.0. The van der Waals surface area contributed by atoms with E-state index in [1.165, 1.54) is 6.42 Å². The molecule has 0 bridgehead atoms. The minimum Gasteiger partial charge on any atom is -0.454 e. The van der Waals surface area contributed by atoms with E-state index < -0.39 is 0 Å². The van der Waals surface area contributed by atoms with Crippen LogP contribution >= 0.6 is 0 Å². The van der Waals surface area contributed by atoms with Crippen LogP contribution in [-0.4, -0.2) is 79.8 Å².